The first-order valence-corrected chi connectivity index (χ1v) is 8.07. The van der Waals surface area contributed by atoms with Gasteiger partial charge in [-0.25, -0.2) is 4.79 Å². The zero-order valence-electron chi connectivity index (χ0n) is 11.4. The summed E-state index contributed by atoms with van der Waals surface area (Å²) in [5.41, 5.74) is 0.905. The van der Waals surface area contributed by atoms with Crippen LogP contribution in [0.2, 0.25) is 0 Å². The molecule has 0 aliphatic heterocycles. The molecule has 1 aliphatic carbocycles. The van der Waals surface area contributed by atoms with Gasteiger partial charge in [0.05, 0.1) is 5.69 Å². The zero-order chi connectivity index (χ0) is 13.5. The molecule has 0 atom stereocenters. The molecule has 0 spiro atoms. The Morgan fingerprint density at radius 1 is 1.26 bits per heavy atom. The van der Waals surface area contributed by atoms with Gasteiger partial charge in [0.2, 0.25) is 0 Å². The summed E-state index contributed by atoms with van der Waals surface area (Å²) in [4.78, 5) is 13.1. The van der Waals surface area contributed by atoms with Crippen LogP contribution in [0.4, 0.5) is 10.5 Å². The molecule has 2 rings (SSSR count). The SMILES string of the molecule is CCSc1ccccc1NC(=O)NC1CCCCC1. The lowest BCUT2D eigenvalue weighted by Gasteiger charge is -2.23. The Hall–Kier alpha value is -1.16. The molecular weight excluding hydrogens is 256 g/mol. The Balaban J connectivity index is 1.90. The second kappa shape index (κ2) is 7.43. The predicted molar refractivity (Wildman–Crippen MR) is 81.9 cm³/mol. The molecule has 2 amide bonds. The van der Waals surface area contributed by atoms with E-state index < -0.39 is 0 Å². The minimum atomic E-state index is -0.0731. The minimum absolute atomic E-state index is 0.0731. The van der Waals surface area contributed by atoms with Crippen molar-refractivity contribution in [3.63, 3.8) is 0 Å². The molecule has 1 saturated carbocycles. The molecule has 2 N–H and O–H groups in total. The average Bonchev–Trinajstić information content (AvgIpc) is 2.42. The smallest absolute Gasteiger partial charge is 0.319 e. The van der Waals surface area contributed by atoms with Gasteiger partial charge in [-0.15, -0.1) is 11.8 Å². The maximum atomic E-state index is 12.0. The minimum Gasteiger partial charge on any atom is -0.335 e. The first-order valence-electron chi connectivity index (χ1n) is 7.09. The van der Waals surface area contributed by atoms with Crippen LogP contribution in [0.1, 0.15) is 39.0 Å². The van der Waals surface area contributed by atoms with Crippen molar-refractivity contribution in [3.8, 4) is 0 Å². The predicted octanol–water partition coefficient (Wildman–Crippen LogP) is 4.25. The van der Waals surface area contributed by atoms with Crippen molar-refractivity contribution in [1.29, 1.82) is 0 Å². The van der Waals surface area contributed by atoms with E-state index in [0.29, 0.717) is 6.04 Å². The molecule has 0 heterocycles. The van der Waals surface area contributed by atoms with Crippen LogP contribution in [-0.2, 0) is 0 Å². The topological polar surface area (TPSA) is 41.1 Å². The van der Waals surface area contributed by atoms with E-state index in [1.807, 2.05) is 24.3 Å². The zero-order valence-corrected chi connectivity index (χ0v) is 12.3. The van der Waals surface area contributed by atoms with E-state index in [1.165, 1.54) is 19.3 Å². The van der Waals surface area contributed by atoms with Crippen LogP contribution in [0, 0.1) is 0 Å². The second-order valence-electron chi connectivity index (χ2n) is 4.86. The lowest BCUT2D eigenvalue weighted by Crippen LogP contribution is -2.39. The van der Waals surface area contributed by atoms with Crippen LogP contribution in [0.25, 0.3) is 0 Å². The summed E-state index contributed by atoms with van der Waals surface area (Å²) in [5.74, 6) is 1.00. The summed E-state index contributed by atoms with van der Waals surface area (Å²) in [5, 5.41) is 6.05. The molecule has 1 aliphatic rings. The molecule has 4 heteroatoms. The second-order valence-corrected chi connectivity index (χ2v) is 6.17. The van der Waals surface area contributed by atoms with Crippen molar-refractivity contribution < 1.29 is 4.79 Å². The average molecular weight is 278 g/mol. The van der Waals surface area contributed by atoms with Gasteiger partial charge >= 0.3 is 6.03 Å². The number of anilines is 1. The maximum Gasteiger partial charge on any atom is 0.319 e. The molecule has 104 valence electrons. The number of hydrogen-bond donors (Lipinski definition) is 2. The highest BCUT2D eigenvalue weighted by atomic mass is 32.2. The van der Waals surface area contributed by atoms with Crippen LogP contribution in [0.15, 0.2) is 29.2 Å². The lowest BCUT2D eigenvalue weighted by molar-refractivity contribution is 0.244. The number of urea groups is 1. The molecule has 0 bridgehead atoms. The number of nitrogens with one attached hydrogen (secondary N) is 2. The van der Waals surface area contributed by atoms with Crippen molar-refractivity contribution in [3.05, 3.63) is 24.3 Å². The Kier molecular flexibility index (Phi) is 5.58. The van der Waals surface area contributed by atoms with Crippen molar-refractivity contribution in [2.75, 3.05) is 11.1 Å². The van der Waals surface area contributed by atoms with E-state index in [9.17, 15) is 4.79 Å². The van der Waals surface area contributed by atoms with Crippen LogP contribution < -0.4 is 10.6 Å². The lowest BCUT2D eigenvalue weighted by atomic mass is 9.96. The first kappa shape index (κ1) is 14.3. The van der Waals surface area contributed by atoms with Crippen LogP contribution in [-0.4, -0.2) is 17.8 Å². The summed E-state index contributed by atoms with van der Waals surface area (Å²) < 4.78 is 0. The Labute approximate surface area is 119 Å². The number of thioether (sulfide) groups is 1. The maximum absolute atomic E-state index is 12.0. The van der Waals surface area contributed by atoms with Gasteiger partial charge in [0.1, 0.15) is 0 Å². The van der Waals surface area contributed by atoms with Gasteiger partial charge in [-0.2, -0.15) is 0 Å². The van der Waals surface area contributed by atoms with E-state index in [1.54, 1.807) is 11.8 Å². The summed E-state index contributed by atoms with van der Waals surface area (Å²) >= 11 is 1.75. The fraction of sp³-hybridized carbons (Fsp3) is 0.533. The van der Waals surface area contributed by atoms with Gasteiger partial charge in [0, 0.05) is 10.9 Å². The Morgan fingerprint density at radius 3 is 2.74 bits per heavy atom. The Bertz CT molecular complexity index is 416. The fourth-order valence-corrected chi connectivity index (χ4v) is 3.20. The third kappa shape index (κ3) is 4.46. The largest absolute Gasteiger partial charge is 0.335 e. The van der Waals surface area contributed by atoms with Gasteiger partial charge in [0.15, 0.2) is 0 Å². The van der Waals surface area contributed by atoms with Crippen molar-refractivity contribution in [2.45, 2.75) is 50.0 Å². The third-order valence-electron chi connectivity index (χ3n) is 3.38. The quantitative estimate of drug-likeness (QED) is 0.808. The van der Waals surface area contributed by atoms with E-state index in [2.05, 4.69) is 17.6 Å². The number of para-hydroxylation sites is 1. The van der Waals surface area contributed by atoms with Crippen molar-refractivity contribution in [1.82, 2.24) is 5.32 Å². The summed E-state index contributed by atoms with van der Waals surface area (Å²) in [6.45, 7) is 2.11. The normalized spacial score (nSPS) is 16.1. The summed E-state index contributed by atoms with van der Waals surface area (Å²) in [6.07, 6.45) is 5.98. The summed E-state index contributed by atoms with van der Waals surface area (Å²) in [6, 6.07) is 8.23. The number of benzene rings is 1. The molecule has 0 saturated heterocycles. The van der Waals surface area contributed by atoms with E-state index in [0.717, 1.165) is 29.2 Å². The van der Waals surface area contributed by atoms with Crippen LogP contribution >= 0.6 is 11.8 Å². The number of carbonyl (C=O) groups excluding carboxylic acids is 1. The standard InChI is InChI=1S/C15H22N2OS/c1-2-19-14-11-7-6-10-13(14)17-15(18)16-12-8-4-3-5-9-12/h6-7,10-12H,2-5,8-9H2,1H3,(H2,16,17,18). The number of carbonyl (C=O) groups is 1. The number of hydrogen-bond acceptors (Lipinski definition) is 2. The molecule has 0 unspecified atom stereocenters. The molecule has 3 nitrogen and oxygen atoms in total. The highest BCUT2D eigenvalue weighted by molar-refractivity contribution is 7.99. The van der Waals surface area contributed by atoms with Crippen molar-refractivity contribution in [2.24, 2.45) is 0 Å². The summed E-state index contributed by atoms with van der Waals surface area (Å²) in [7, 11) is 0. The molecular formula is C15H22N2OS. The molecule has 1 aromatic carbocycles. The number of rotatable bonds is 4. The van der Waals surface area contributed by atoms with Gasteiger partial charge < -0.3 is 10.6 Å². The van der Waals surface area contributed by atoms with Crippen LogP contribution in [0.3, 0.4) is 0 Å². The van der Waals surface area contributed by atoms with Crippen LogP contribution in [0.5, 0.6) is 0 Å². The monoisotopic (exact) mass is 278 g/mol. The molecule has 0 aromatic heterocycles. The third-order valence-corrected chi connectivity index (χ3v) is 4.33. The van der Waals surface area contributed by atoms with Gasteiger partial charge in [-0.1, -0.05) is 38.3 Å². The van der Waals surface area contributed by atoms with Gasteiger partial charge in [0.25, 0.3) is 0 Å². The number of amides is 2. The van der Waals surface area contributed by atoms with Crippen molar-refractivity contribution >= 4 is 23.5 Å². The molecule has 1 aromatic rings. The van der Waals surface area contributed by atoms with E-state index in [-0.39, 0.29) is 6.03 Å². The van der Waals surface area contributed by atoms with Gasteiger partial charge in [-0.3, -0.25) is 0 Å². The Morgan fingerprint density at radius 2 is 2.00 bits per heavy atom. The molecule has 1 fully saturated rings. The highest BCUT2D eigenvalue weighted by Gasteiger charge is 2.16. The molecule has 0 radical (unpaired) electrons. The van der Waals surface area contributed by atoms with Gasteiger partial charge in [-0.05, 0) is 30.7 Å². The highest BCUT2D eigenvalue weighted by Crippen LogP contribution is 2.26. The first-order chi connectivity index (χ1) is 9.29. The van der Waals surface area contributed by atoms with E-state index in [4.69, 9.17) is 0 Å². The fourth-order valence-electron chi connectivity index (χ4n) is 2.44. The van der Waals surface area contributed by atoms with E-state index >= 15 is 0 Å². The molecule has 19 heavy (non-hydrogen) atoms.